The predicted octanol–water partition coefficient (Wildman–Crippen LogP) is 3.07. The summed E-state index contributed by atoms with van der Waals surface area (Å²) in [6, 6.07) is 4.74. The van der Waals surface area contributed by atoms with E-state index in [4.69, 9.17) is 0 Å². The standard InChI is InChI=1S/C15H22N2OS/c1-10-3-6-12(7-4-10)17-14(18)9-16-15(17)13-8-5-11(2)19-13/h5,8,10,12,15-16H,3-4,6-7,9H2,1-2H3. The molecule has 1 N–H and O–H groups in total. The second-order valence-corrected chi connectivity index (χ2v) is 7.27. The minimum Gasteiger partial charge on any atom is -0.318 e. The molecule has 0 aromatic carbocycles. The lowest BCUT2D eigenvalue weighted by molar-refractivity contribution is -0.131. The van der Waals surface area contributed by atoms with Crippen LogP contribution in [0.4, 0.5) is 0 Å². The molecule has 0 bridgehead atoms. The molecule has 0 radical (unpaired) electrons. The van der Waals surface area contributed by atoms with Crippen LogP contribution in [0.2, 0.25) is 0 Å². The minimum atomic E-state index is 0.115. The molecule has 1 saturated heterocycles. The van der Waals surface area contributed by atoms with Crippen molar-refractivity contribution in [1.82, 2.24) is 10.2 Å². The molecule has 1 saturated carbocycles. The van der Waals surface area contributed by atoms with Gasteiger partial charge in [-0.3, -0.25) is 10.1 Å². The van der Waals surface area contributed by atoms with Gasteiger partial charge in [0.25, 0.3) is 0 Å². The summed E-state index contributed by atoms with van der Waals surface area (Å²) in [6.07, 6.45) is 4.95. The summed E-state index contributed by atoms with van der Waals surface area (Å²) in [5, 5.41) is 3.38. The fourth-order valence-electron chi connectivity index (χ4n) is 3.29. The van der Waals surface area contributed by atoms with Crippen molar-refractivity contribution < 1.29 is 4.79 Å². The Hall–Kier alpha value is -0.870. The van der Waals surface area contributed by atoms with Gasteiger partial charge in [-0.05, 0) is 50.7 Å². The first-order valence-electron chi connectivity index (χ1n) is 7.26. The molecule has 4 heteroatoms. The van der Waals surface area contributed by atoms with Gasteiger partial charge in [-0.2, -0.15) is 0 Å². The van der Waals surface area contributed by atoms with E-state index in [1.807, 2.05) is 0 Å². The summed E-state index contributed by atoms with van der Waals surface area (Å²) >= 11 is 1.80. The van der Waals surface area contributed by atoms with E-state index in [9.17, 15) is 4.79 Å². The van der Waals surface area contributed by atoms with Crippen molar-refractivity contribution in [1.29, 1.82) is 0 Å². The van der Waals surface area contributed by atoms with Crippen molar-refractivity contribution in [2.45, 2.75) is 51.7 Å². The first-order valence-corrected chi connectivity index (χ1v) is 8.07. The number of hydrogen-bond donors (Lipinski definition) is 1. The molecule has 3 rings (SSSR count). The zero-order valence-electron chi connectivity index (χ0n) is 11.7. The zero-order valence-corrected chi connectivity index (χ0v) is 12.5. The molecule has 0 spiro atoms. The molecule has 1 atom stereocenters. The number of hydrogen-bond acceptors (Lipinski definition) is 3. The molecule has 104 valence electrons. The van der Waals surface area contributed by atoms with E-state index in [1.54, 1.807) is 11.3 Å². The van der Waals surface area contributed by atoms with Crippen LogP contribution in [0, 0.1) is 12.8 Å². The van der Waals surface area contributed by atoms with Gasteiger partial charge in [-0.25, -0.2) is 0 Å². The maximum absolute atomic E-state index is 12.2. The van der Waals surface area contributed by atoms with Gasteiger partial charge >= 0.3 is 0 Å². The van der Waals surface area contributed by atoms with Gasteiger partial charge in [0.05, 0.1) is 6.54 Å². The van der Waals surface area contributed by atoms with Gasteiger partial charge < -0.3 is 4.90 Å². The van der Waals surface area contributed by atoms with Gasteiger partial charge in [-0.1, -0.05) is 6.92 Å². The molecule has 2 fully saturated rings. The molecule has 1 aliphatic heterocycles. The van der Waals surface area contributed by atoms with Crippen LogP contribution in [0.1, 0.15) is 48.5 Å². The Morgan fingerprint density at radius 3 is 2.63 bits per heavy atom. The molecule has 1 unspecified atom stereocenters. The van der Waals surface area contributed by atoms with Gasteiger partial charge in [-0.15, -0.1) is 11.3 Å². The Kier molecular flexibility index (Phi) is 3.63. The van der Waals surface area contributed by atoms with E-state index in [0.29, 0.717) is 12.6 Å². The molecular weight excluding hydrogens is 256 g/mol. The lowest BCUT2D eigenvalue weighted by Gasteiger charge is -2.36. The maximum Gasteiger partial charge on any atom is 0.238 e. The molecule has 1 amide bonds. The third kappa shape index (κ3) is 2.56. The van der Waals surface area contributed by atoms with E-state index < -0.39 is 0 Å². The normalized spacial score (nSPS) is 32.0. The lowest BCUT2D eigenvalue weighted by atomic mass is 9.86. The Balaban J connectivity index is 1.79. The maximum atomic E-state index is 12.2. The first-order chi connectivity index (χ1) is 9.15. The molecule has 1 aromatic rings. The van der Waals surface area contributed by atoms with E-state index >= 15 is 0 Å². The summed E-state index contributed by atoms with van der Waals surface area (Å²) in [4.78, 5) is 16.9. The van der Waals surface area contributed by atoms with Crippen LogP contribution in [0.25, 0.3) is 0 Å². The Morgan fingerprint density at radius 1 is 1.26 bits per heavy atom. The predicted molar refractivity (Wildman–Crippen MR) is 78.1 cm³/mol. The van der Waals surface area contributed by atoms with Crippen LogP contribution in [-0.2, 0) is 4.79 Å². The first kappa shape index (κ1) is 13.1. The van der Waals surface area contributed by atoms with Crippen LogP contribution in [0.15, 0.2) is 12.1 Å². The van der Waals surface area contributed by atoms with E-state index in [2.05, 4.69) is 36.2 Å². The number of amides is 1. The van der Waals surface area contributed by atoms with Crippen LogP contribution in [0.5, 0.6) is 0 Å². The van der Waals surface area contributed by atoms with Crippen LogP contribution < -0.4 is 5.32 Å². The van der Waals surface area contributed by atoms with Crippen LogP contribution in [-0.4, -0.2) is 23.4 Å². The Bertz CT molecular complexity index is 462. The van der Waals surface area contributed by atoms with Gasteiger partial charge in [0.15, 0.2) is 0 Å². The number of nitrogens with zero attached hydrogens (tertiary/aromatic N) is 1. The quantitative estimate of drug-likeness (QED) is 0.901. The van der Waals surface area contributed by atoms with Gasteiger partial charge in [0.1, 0.15) is 6.17 Å². The third-order valence-corrected chi connectivity index (χ3v) is 5.48. The fourth-order valence-corrected chi connectivity index (χ4v) is 4.24. The molecule has 1 aromatic heterocycles. The van der Waals surface area contributed by atoms with Crippen LogP contribution >= 0.6 is 11.3 Å². The molecular formula is C15H22N2OS. The van der Waals surface area contributed by atoms with E-state index in [-0.39, 0.29) is 12.1 Å². The highest BCUT2D eigenvalue weighted by Gasteiger charge is 2.38. The highest BCUT2D eigenvalue weighted by atomic mass is 32.1. The Labute approximate surface area is 119 Å². The van der Waals surface area contributed by atoms with Crippen LogP contribution in [0.3, 0.4) is 0 Å². The summed E-state index contributed by atoms with van der Waals surface area (Å²) in [5.41, 5.74) is 0. The van der Waals surface area contributed by atoms with Crippen molar-refractivity contribution in [3.05, 3.63) is 21.9 Å². The van der Waals surface area contributed by atoms with E-state index in [1.165, 1.54) is 22.6 Å². The second-order valence-electron chi connectivity index (χ2n) is 5.95. The second kappa shape index (κ2) is 5.25. The molecule has 1 aliphatic carbocycles. The highest BCUT2D eigenvalue weighted by Crippen LogP contribution is 2.35. The van der Waals surface area contributed by atoms with Crippen molar-refractivity contribution >= 4 is 17.2 Å². The molecule has 19 heavy (non-hydrogen) atoms. The van der Waals surface area contributed by atoms with Gasteiger partial charge in [0, 0.05) is 15.8 Å². The lowest BCUT2D eigenvalue weighted by Crippen LogP contribution is -2.41. The largest absolute Gasteiger partial charge is 0.318 e. The fraction of sp³-hybridized carbons (Fsp3) is 0.667. The summed E-state index contributed by atoms with van der Waals surface area (Å²) in [5.74, 6) is 1.10. The average molecular weight is 278 g/mol. The number of carbonyl (C=O) groups excluding carboxylic acids is 1. The Morgan fingerprint density at radius 2 is 2.00 bits per heavy atom. The van der Waals surface area contributed by atoms with Gasteiger partial charge in [0.2, 0.25) is 5.91 Å². The average Bonchev–Trinajstić information content (AvgIpc) is 2.97. The smallest absolute Gasteiger partial charge is 0.238 e. The SMILES string of the molecule is Cc1ccc(C2NCC(=O)N2C2CCC(C)CC2)s1. The van der Waals surface area contributed by atoms with Crippen molar-refractivity contribution in [2.75, 3.05) is 6.54 Å². The van der Waals surface area contributed by atoms with Crippen molar-refractivity contribution in [3.8, 4) is 0 Å². The topological polar surface area (TPSA) is 32.3 Å². The molecule has 2 aliphatic rings. The molecule has 3 nitrogen and oxygen atoms in total. The summed E-state index contributed by atoms with van der Waals surface area (Å²) in [7, 11) is 0. The number of thiophene rings is 1. The highest BCUT2D eigenvalue weighted by molar-refractivity contribution is 7.12. The zero-order chi connectivity index (χ0) is 13.4. The third-order valence-electron chi connectivity index (χ3n) is 4.42. The van der Waals surface area contributed by atoms with Crippen molar-refractivity contribution in [3.63, 3.8) is 0 Å². The summed E-state index contributed by atoms with van der Waals surface area (Å²) in [6.45, 7) is 4.94. The summed E-state index contributed by atoms with van der Waals surface area (Å²) < 4.78 is 0. The van der Waals surface area contributed by atoms with Crippen molar-refractivity contribution in [2.24, 2.45) is 5.92 Å². The minimum absolute atomic E-state index is 0.115. The number of aryl methyl sites for hydroxylation is 1. The van der Waals surface area contributed by atoms with E-state index in [0.717, 1.165) is 18.8 Å². The number of rotatable bonds is 2. The monoisotopic (exact) mass is 278 g/mol. The number of carbonyl (C=O) groups is 1. The number of nitrogens with one attached hydrogen (secondary N) is 1. The molecule has 2 heterocycles.